The van der Waals surface area contributed by atoms with Crippen LogP contribution in [0.1, 0.15) is 22.8 Å². The Kier molecular flexibility index (Phi) is 6.37. The summed E-state index contributed by atoms with van der Waals surface area (Å²) in [7, 11) is 1.58. The third-order valence-corrected chi connectivity index (χ3v) is 3.85. The van der Waals surface area contributed by atoms with Crippen molar-refractivity contribution < 1.29 is 23.8 Å². The fraction of sp³-hybridized carbons (Fsp3) is 0.222. The van der Waals surface area contributed by atoms with Crippen molar-refractivity contribution in [2.24, 2.45) is 0 Å². The van der Waals surface area contributed by atoms with Crippen LogP contribution < -0.4 is 9.47 Å². The van der Waals surface area contributed by atoms with E-state index in [-0.39, 0.29) is 19.0 Å². The van der Waals surface area contributed by atoms with Crippen molar-refractivity contribution >= 4 is 27.7 Å². The Balaban J connectivity index is 1.81. The summed E-state index contributed by atoms with van der Waals surface area (Å²) in [5, 5.41) is 0. The number of esters is 1. The number of ketones is 1. The number of carbonyl (C=O) groups is 2. The molecule has 0 N–H and O–H groups in total. The molecular weight excluding hydrogens is 376 g/mol. The monoisotopic (exact) mass is 392 g/mol. The SMILES string of the molecule is COc1ccc(COC(=O)COc2ccc(C(C)=O)cc2)cc1Br. The van der Waals surface area contributed by atoms with Gasteiger partial charge in [0.25, 0.3) is 0 Å². The van der Waals surface area contributed by atoms with Crippen LogP contribution in [0.3, 0.4) is 0 Å². The van der Waals surface area contributed by atoms with E-state index < -0.39 is 5.97 Å². The molecule has 6 heteroatoms. The molecule has 0 aliphatic rings. The maximum atomic E-state index is 11.7. The highest BCUT2D eigenvalue weighted by Gasteiger charge is 2.07. The Hall–Kier alpha value is -2.34. The van der Waals surface area contributed by atoms with Gasteiger partial charge in [-0.25, -0.2) is 4.79 Å². The van der Waals surface area contributed by atoms with Crippen LogP contribution in [-0.2, 0) is 16.1 Å². The van der Waals surface area contributed by atoms with Crippen molar-refractivity contribution in [3.63, 3.8) is 0 Å². The zero-order valence-electron chi connectivity index (χ0n) is 13.4. The Morgan fingerprint density at radius 2 is 1.79 bits per heavy atom. The quantitative estimate of drug-likeness (QED) is 0.529. The third kappa shape index (κ3) is 5.09. The molecule has 2 rings (SSSR count). The predicted molar refractivity (Wildman–Crippen MR) is 92.4 cm³/mol. The molecule has 0 heterocycles. The first-order valence-electron chi connectivity index (χ1n) is 7.21. The number of carbonyl (C=O) groups excluding carboxylic acids is 2. The topological polar surface area (TPSA) is 61.8 Å². The average Bonchev–Trinajstić information content (AvgIpc) is 2.58. The van der Waals surface area contributed by atoms with Gasteiger partial charge in [-0.2, -0.15) is 0 Å². The zero-order valence-corrected chi connectivity index (χ0v) is 15.0. The summed E-state index contributed by atoms with van der Waals surface area (Å²) in [5.74, 6) is 0.718. The summed E-state index contributed by atoms with van der Waals surface area (Å²) in [6.45, 7) is 1.44. The molecule has 0 radical (unpaired) electrons. The molecule has 0 saturated carbocycles. The molecule has 0 amide bonds. The van der Waals surface area contributed by atoms with Crippen LogP contribution in [0.5, 0.6) is 11.5 Å². The Labute approximate surface area is 148 Å². The highest BCUT2D eigenvalue weighted by Crippen LogP contribution is 2.25. The van der Waals surface area contributed by atoms with Gasteiger partial charge in [-0.3, -0.25) is 4.79 Å². The van der Waals surface area contributed by atoms with Gasteiger partial charge in [0.05, 0.1) is 11.6 Å². The largest absolute Gasteiger partial charge is 0.496 e. The first-order chi connectivity index (χ1) is 11.5. The van der Waals surface area contributed by atoms with Crippen LogP contribution in [0.2, 0.25) is 0 Å². The van der Waals surface area contributed by atoms with Gasteiger partial charge in [0.15, 0.2) is 12.4 Å². The summed E-state index contributed by atoms with van der Waals surface area (Å²) in [6, 6.07) is 12.0. The first kappa shape index (κ1) is 18.0. The van der Waals surface area contributed by atoms with Crippen LogP contribution >= 0.6 is 15.9 Å². The fourth-order valence-corrected chi connectivity index (χ4v) is 2.52. The van der Waals surface area contributed by atoms with Gasteiger partial charge in [-0.05, 0) is 64.8 Å². The van der Waals surface area contributed by atoms with E-state index in [0.29, 0.717) is 17.1 Å². The Bertz CT molecular complexity index is 725. The van der Waals surface area contributed by atoms with Gasteiger partial charge in [0.2, 0.25) is 0 Å². The minimum Gasteiger partial charge on any atom is -0.496 e. The Morgan fingerprint density at radius 1 is 1.08 bits per heavy atom. The number of hydrogen-bond acceptors (Lipinski definition) is 5. The standard InChI is InChI=1S/C18H17BrO5/c1-12(20)14-4-6-15(7-5-14)23-11-18(21)24-10-13-3-8-17(22-2)16(19)9-13/h3-9H,10-11H2,1-2H3. The summed E-state index contributed by atoms with van der Waals surface area (Å²) in [4.78, 5) is 22.9. The molecule has 5 nitrogen and oxygen atoms in total. The average molecular weight is 393 g/mol. The van der Waals surface area contributed by atoms with Crippen molar-refractivity contribution in [3.8, 4) is 11.5 Å². The molecule has 0 spiro atoms. The zero-order chi connectivity index (χ0) is 17.5. The molecule has 0 aromatic heterocycles. The minimum absolute atomic E-state index is 0.0217. The van der Waals surface area contributed by atoms with Gasteiger partial charge >= 0.3 is 5.97 Å². The smallest absolute Gasteiger partial charge is 0.344 e. The molecule has 0 unspecified atom stereocenters. The molecule has 24 heavy (non-hydrogen) atoms. The minimum atomic E-state index is -0.474. The van der Waals surface area contributed by atoms with E-state index in [4.69, 9.17) is 14.2 Å². The lowest BCUT2D eigenvalue weighted by molar-refractivity contribution is -0.147. The normalized spacial score (nSPS) is 10.1. The van der Waals surface area contributed by atoms with Crippen molar-refractivity contribution in [1.82, 2.24) is 0 Å². The molecule has 0 aliphatic carbocycles. The number of methoxy groups -OCH3 is 1. The second-order valence-electron chi connectivity index (χ2n) is 5.00. The predicted octanol–water partition coefficient (Wildman–Crippen LogP) is 3.78. The maximum absolute atomic E-state index is 11.7. The van der Waals surface area contributed by atoms with Gasteiger partial charge < -0.3 is 14.2 Å². The van der Waals surface area contributed by atoms with Gasteiger partial charge in [0, 0.05) is 5.56 Å². The van der Waals surface area contributed by atoms with E-state index in [1.165, 1.54) is 6.92 Å². The number of ether oxygens (including phenoxy) is 3. The lowest BCUT2D eigenvalue weighted by Gasteiger charge is -2.09. The maximum Gasteiger partial charge on any atom is 0.344 e. The lowest BCUT2D eigenvalue weighted by atomic mass is 10.1. The van der Waals surface area contributed by atoms with Crippen molar-refractivity contribution in [2.75, 3.05) is 13.7 Å². The van der Waals surface area contributed by atoms with Crippen LogP contribution in [0, 0.1) is 0 Å². The van der Waals surface area contributed by atoms with E-state index in [2.05, 4.69) is 15.9 Å². The second-order valence-corrected chi connectivity index (χ2v) is 5.85. The molecule has 0 atom stereocenters. The van der Waals surface area contributed by atoms with Crippen LogP contribution in [0.15, 0.2) is 46.9 Å². The molecule has 2 aromatic rings. The van der Waals surface area contributed by atoms with E-state index in [0.717, 1.165) is 10.0 Å². The van der Waals surface area contributed by atoms with Crippen molar-refractivity contribution in [2.45, 2.75) is 13.5 Å². The van der Waals surface area contributed by atoms with E-state index >= 15 is 0 Å². The first-order valence-corrected chi connectivity index (χ1v) is 8.00. The molecule has 0 bridgehead atoms. The van der Waals surface area contributed by atoms with E-state index in [1.54, 1.807) is 37.4 Å². The lowest BCUT2D eigenvalue weighted by Crippen LogP contribution is -2.14. The van der Waals surface area contributed by atoms with Crippen LogP contribution in [0.4, 0.5) is 0 Å². The third-order valence-electron chi connectivity index (χ3n) is 3.23. The number of Topliss-reactive ketones (excluding diaryl/α,β-unsaturated/α-hetero) is 1. The van der Waals surface area contributed by atoms with Gasteiger partial charge in [0.1, 0.15) is 18.1 Å². The molecule has 0 fully saturated rings. The van der Waals surface area contributed by atoms with Crippen molar-refractivity contribution in [3.05, 3.63) is 58.1 Å². The number of benzene rings is 2. The van der Waals surface area contributed by atoms with E-state index in [1.807, 2.05) is 12.1 Å². The summed E-state index contributed by atoms with van der Waals surface area (Å²) < 4.78 is 16.4. The summed E-state index contributed by atoms with van der Waals surface area (Å²) in [6.07, 6.45) is 0. The number of rotatable bonds is 7. The number of halogens is 1. The highest BCUT2D eigenvalue weighted by atomic mass is 79.9. The molecular formula is C18H17BrO5. The second kappa shape index (κ2) is 8.49. The van der Waals surface area contributed by atoms with Gasteiger partial charge in [-0.1, -0.05) is 6.07 Å². The summed E-state index contributed by atoms with van der Waals surface area (Å²) >= 11 is 3.38. The fourth-order valence-electron chi connectivity index (χ4n) is 1.93. The number of hydrogen-bond donors (Lipinski definition) is 0. The Morgan fingerprint density at radius 3 is 2.38 bits per heavy atom. The molecule has 0 saturated heterocycles. The van der Waals surface area contributed by atoms with Crippen LogP contribution in [0.25, 0.3) is 0 Å². The van der Waals surface area contributed by atoms with E-state index in [9.17, 15) is 9.59 Å². The molecule has 126 valence electrons. The molecule has 2 aromatic carbocycles. The van der Waals surface area contributed by atoms with Crippen molar-refractivity contribution in [1.29, 1.82) is 0 Å². The van der Waals surface area contributed by atoms with Gasteiger partial charge in [-0.15, -0.1) is 0 Å². The highest BCUT2D eigenvalue weighted by molar-refractivity contribution is 9.10. The molecule has 0 aliphatic heterocycles. The summed E-state index contributed by atoms with van der Waals surface area (Å²) in [5.41, 5.74) is 1.43. The van der Waals surface area contributed by atoms with Crippen LogP contribution in [-0.4, -0.2) is 25.5 Å².